The minimum atomic E-state index is -3.49. The fourth-order valence-electron chi connectivity index (χ4n) is 2.81. The maximum absolute atomic E-state index is 12.8. The summed E-state index contributed by atoms with van der Waals surface area (Å²) in [5.74, 6) is 1.13. The summed E-state index contributed by atoms with van der Waals surface area (Å²) in [5.41, 5.74) is 0.607. The fraction of sp³-hybridized carbons (Fsp3) is 0.562. The van der Waals surface area contributed by atoms with Crippen LogP contribution in [0.15, 0.2) is 28.0 Å². The van der Waals surface area contributed by atoms with E-state index in [0.717, 1.165) is 17.7 Å². The zero-order valence-corrected chi connectivity index (χ0v) is 15.0. The lowest BCUT2D eigenvalue weighted by molar-refractivity contribution is -0.118. The van der Waals surface area contributed by atoms with Crippen LogP contribution < -0.4 is 5.32 Å². The largest absolute Gasteiger partial charge is 0.325 e. The lowest BCUT2D eigenvalue weighted by Gasteiger charge is -2.29. The Morgan fingerprint density at radius 1 is 1.22 bits per heavy atom. The highest BCUT2D eigenvalue weighted by molar-refractivity contribution is 7.99. The van der Waals surface area contributed by atoms with Gasteiger partial charge in [0.25, 0.3) is 0 Å². The van der Waals surface area contributed by atoms with Gasteiger partial charge in [-0.2, -0.15) is 4.31 Å². The molecular formula is C16H22N2O3S2. The van der Waals surface area contributed by atoms with E-state index in [4.69, 9.17) is 0 Å². The third-order valence-corrected chi connectivity index (χ3v) is 7.75. The zero-order chi connectivity index (χ0) is 16.6. The SMILES string of the molecule is CC1CCN(S(=O)(=O)c2ccc3c(c2)NC(=O)[C@H](C)CS3)CC1. The summed E-state index contributed by atoms with van der Waals surface area (Å²) in [6.45, 7) is 5.17. The van der Waals surface area contributed by atoms with Gasteiger partial charge < -0.3 is 5.32 Å². The summed E-state index contributed by atoms with van der Waals surface area (Å²) in [6, 6.07) is 5.06. The number of piperidine rings is 1. The van der Waals surface area contributed by atoms with Crippen molar-refractivity contribution in [2.45, 2.75) is 36.5 Å². The molecule has 1 fully saturated rings. The molecule has 1 saturated heterocycles. The maximum Gasteiger partial charge on any atom is 0.243 e. The number of fused-ring (bicyclic) bond motifs is 1. The second kappa shape index (κ2) is 6.45. The second-order valence-electron chi connectivity index (χ2n) is 6.45. The minimum Gasteiger partial charge on any atom is -0.325 e. The first-order chi connectivity index (χ1) is 10.9. The van der Waals surface area contributed by atoms with E-state index in [1.807, 2.05) is 6.92 Å². The Balaban J connectivity index is 1.89. The van der Waals surface area contributed by atoms with Crippen molar-refractivity contribution in [2.75, 3.05) is 24.2 Å². The number of nitrogens with one attached hydrogen (secondary N) is 1. The Hall–Kier alpha value is -1.05. The van der Waals surface area contributed by atoms with Crippen LogP contribution >= 0.6 is 11.8 Å². The van der Waals surface area contributed by atoms with Crippen LogP contribution in [0.4, 0.5) is 5.69 Å². The van der Waals surface area contributed by atoms with E-state index in [2.05, 4.69) is 12.2 Å². The van der Waals surface area contributed by atoms with E-state index < -0.39 is 10.0 Å². The Bertz CT molecular complexity index is 710. The number of hydrogen-bond donors (Lipinski definition) is 1. The molecule has 3 rings (SSSR count). The van der Waals surface area contributed by atoms with Crippen LogP contribution in [0, 0.1) is 11.8 Å². The molecule has 2 aliphatic heterocycles. The highest BCUT2D eigenvalue weighted by Crippen LogP contribution is 2.35. The molecule has 0 bridgehead atoms. The van der Waals surface area contributed by atoms with Crippen molar-refractivity contribution in [3.63, 3.8) is 0 Å². The molecule has 1 atom stereocenters. The van der Waals surface area contributed by atoms with Gasteiger partial charge in [0.05, 0.1) is 10.6 Å². The van der Waals surface area contributed by atoms with Crippen molar-refractivity contribution < 1.29 is 13.2 Å². The summed E-state index contributed by atoms with van der Waals surface area (Å²) in [6.07, 6.45) is 1.79. The molecule has 2 aliphatic rings. The number of nitrogens with zero attached hydrogens (tertiary/aromatic N) is 1. The molecule has 1 N–H and O–H groups in total. The average Bonchev–Trinajstić information content (AvgIpc) is 2.66. The number of carbonyl (C=O) groups excluding carboxylic acids is 1. The number of sulfonamides is 1. The highest BCUT2D eigenvalue weighted by Gasteiger charge is 2.29. The van der Waals surface area contributed by atoms with Gasteiger partial charge in [0, 0.05) is 29.7 Å². The van der Waals surface area contributed by atoms with E-state index >= 15 is 0 Å². The number of rotatable bonds is 2. The van der Waals surface area contributed by atoms with Crippen LogP contribution in [0.2, 0.25) is 0 Å². The van der Waals surface area contributed by atoms with Crippen LogP contribution in [0.25, 0.3) is 0 Å². The Morgan fingerprint density at radius 2 is 1.91 bits per heavy atom. The van der Waals surface area contributed by atoms with E-state index in [0.29, 0.717) is 30.4 Å². The van der Waals surface area contributed by atoms with Crippen molar-refractivity contribution in [3.05, 3.63) is 18.2 Å². The lowest BCUT2D eigenvalue weighted by Crippen LogP contribution is -2.37. The first-order valence-electron chi connectivity index (χ1n) is 7.96. The molecule has 0 unspecified atom stereocenters. The topological polar surface area (TPSA) is 66.5 Å². The first-order valence-corrected chi connectivity index (χ1v) is 10.4. The van der Waals surface area contributed by atoms with Gasteiger partial charge in [0.15, 0.2) is 0 Å². The smallest absolute Gasteiger partial charge is 0.243 e. The number of hydrogen-bond acceptors (Lipinski definition) is 4. The summed E-state index contributed by atoms with van der Waals surface area (Å²) in [4.78, 5) is 13.2. The van der Waals surface area contributed by atoms with Crippen LogP contribution in [0.5, 0.6) is 0 Å². The van der Waals surface area contributed by atoms with E-state index in [-0.39, 0.29) is 16.7 Å². The monoisotopic (exact) mass is 354 g/mol. The van der Waals surface area contributed by atoms with Crippen molar-refractivity contribution in [1.82, 2.24) is 4.31 Å². The Morgan fingerprint density at radius 3 is 2.61 bits per heavy atom. The normalized spacial score (nSPS) is 23.9. The quantitative estimate of drug-likeness (QED) is 0.887. The number of thioether (sulfide) groups is 1. The molecule has 7 heteroatoms. The summed E-state index contributed by atoms with van der Waals surface area (Å²) >= 11 is 1.58. The van der Waals surface area contributed by atoms with Gasteiger partial charge in [-0.3, -0.25) is 4.79 Å². The number of amides is 1. The van der Waals surface area contributed by atoms with E-state index in [1.165, 1.54) is 0 Å². The Labute approximate surface area is 141 Å². The molecule has 0 spiro atoms. The number of benzene rings is 1. The van der Waals surface area contributed by atoms with Gasteiger partial charge >= 0.3 is 0 Å². The molecule has 2 heterocycles. The second-order valence-corrected chi connectivity index (χ2v) is 9.45. The van der Waals surface area contributed by atoms with E-state index in [9.17, 15) is 13.2 Å². The summed E-state index contributed by atoms with van der Waals surface area (Å²) < 4.78 is 27.2. The van der Waals surface area contributed by atoms with Crippen molar-refractivity contribution >= 4 is 33.4 Å². The molecule has 0 aliphatic carbocycles. The van der Waals surface area contributed by atoms with Gasteiger partial charge in [-0.05, 0) is 37.0 Å². The van der Waals surface area contributed by atoms with Crippen LogP contribution in [0.3, 0.4) is 0 Å². The fourth-order valence-corrected chi connectivity index (χ4v) is 5.32. The average molecular weight is 354 g/mol. The maximum atomic E-state index is 12.8. The third-order valence-electron chi connectivity index (χ3n) is 4.53. The predicted octanol–water partition coefficient (Wildman–Crippen LogP) is 2.79. The van der Waals surface area contributed by atoms with Gasteiger partial charge in [-0.1, -0.05) is 13.8 Å². The van der Waals surface area contributed by atoms with Crippen LogP contribution in [0.1, 0.15) is 26.7 Å². The summed E-state index contributed by atoms with van der Waals surface area (Å²) in [5, 5.41) is 2.85. The van der Waals surface area contributed by atoms with Gasteiger partial charge in [-0.25, -0.2) is 8.42 Å². The molecule has 23 heavy (non-hydrogen) atoms. The molecule has 0 saturated carbocycles. The molecule has 5 nitrogen and oxygen atoms in total. The molecule has 0 radical (unpaired) electrons. The molecule has 126 valence electrons. The molecule has 1 aromatic rings. The minimum absolute atomic E-state index is 0.0578. The highest BCUT2D eigenvalue weighted by atomic mass is 32.2. The molecule has 1 aromatic carbocycles. The van der Waals surface area contributed by atoms with E-state index in [1.54, 1.807) is 34.3 Å². The van der Waals surface area contributed by atoms with Crippen molar-refractivity contribution in [1.29, 1.82) is 0 Å². The lowest BCUT2D eigenvalue weighted by atomic mass is 10.0. The Kier molecular flexibility index (Phi) is 4.71. The van der Waals surface area contributed by atoms with Crippen molar-refractivity contribution in [3.8, 4) is 0 Å². The van der Waals surface area contributed by atoms with Crippen molar-refractivity contribution in [2.24, 2.45) is 11.8 Å². The standard InChI is InChI=1S/C16H22N2O3S2/c1-11-5-7-18(8-6-11)23(20,21)13-3-4-15-14(9-13)17-16(19)12(2)10-22-15/h3-4,9,11-12H,5-8,10H2,1-2H3,(H,17,19)/t12-/m1/s1. The number of anilines is 1. The van der Waals surface area contributed by atoms with Gasteiger partial charge in [0.2, 0.25) is 15.9 Å². The zero-order valence-electron chi connectivity index (χ0n) is 13.4. The molecule has 1 amide bonds. The van der Waals surface area contributed by atoms with Crippen LogP contribution in [-0.4, -0.2) is 37.5 Å². The molecular weight excluding hydrogens is 332 g/mol. The predicted molar refractivity (Wildman–Crippen MR) is 92.1 cm³/mol. The van der Waals surface area contributed by atoms with Gasteiger partial charge in [-0.15, -0.1) is 11.8 Å². The van der Waals surface area contributed by atoms with Gasteiger partial charge in [0.1, 0.15) is 0 Å². The number of carbonyl (C=O) groups is 1. The van der Waals surface area contributed by atoms with Crippen LogP contribution in [-0.2, 0) is 14.8 Å². The summed E-state index contributed by atoms with van der Waals surface area (Å²) in [7, 11) is -3.49. The third kappa shape index (κ3) is 3.41. The first kappa shape index (κ1) is 16.8. The molecule has 0 aromatic heterocycles.